The van der Waals surface area contributed by atoms with Crippen LogP contribution in [0.4, 0.5) is 5.13 Å². The van der Waals surface area contributed by atoms with Crippen LogP contribution in [0.1, 0.15) is 21.6 Å². The monoisotopic (exact) mass is 477 g/mol. The lowest BCUT2D eigenvalue weighted by atomic mass is 10.0. The summed E-state index contributed by atoms with van der Waals surface area (Å²) in [7, 11) is 0. The smallest absolute Gasteiger partial charge is 0.349 e. The van der Waals surface area contributed by atoms with Crippen LogP contribution in [0.15, 0.2) is 94.3 Å². The Hall–Kier alpha value is -4.36. The summed E-state index contributed by atoms with van der Waals surface area (Å²) >= 11 is 1.41. The molecule has 1 amide bonds. The molecule has 0 spiro atoms. The molecule has 6 rings (SSSR count). The number of hydrogen-bond acceptors (Lipinski definition) is 6. The summed E-state index contributed by atoms with van der Waals surface area (Å²) in [6.07, 6.45) is 1.68. The summed E-state index contributed by atoms with van der Waals surface area (Å²) in [5.74, 6) is -0.477. The summed E-state index contributed by atoms with van der Waals surface area (Å²) in [4.78, 5) is 37.5. The van der Waals surface area contributed by atoms with Crippen LogP contribution in [-0.4, -0.2) is 15.9 Å². The lowest BCUT2D eigenvalue weighted by Crippen LogP contribution is -2.34. The number of anilines is 1. The molecule has 0 bridgehead atoms. The van der Waals surface area contributed by atoms with Crippen LogP contribution in [0.5, 0.6) is 0 Å². The molecular formula is C28H19N3O3S. The molecule has 35 heavy (non-hydrogen) atoms. The molecular weight excluding hydrogens is 458 g/mol. The van der Waals surface area contributed by atoms with Gasteiger partial charge < -0.3 is 4.42 Å². The Kier molecular flexibility index (Phi) is 5.12. The van der Waals surface area contributed by atoms with Gasteiger partial charge in [0.05, 0.1) is 22.5 Å². The van der Waals surface area contributed by atoms with E-state index in [-0.39, 0.29) is 12.1 Å². The van der Waals surface area contributed by atoms with Crippen LogP contribution < -0.4 is 10.5 Å². The molecule has 0 aliphatic rings. The normalized spacial score (nSPS) is 11.3. The second kappa shape index (κ2) is 8.45. The molecule has 170 valence electrons. The van der Waals surface area contributed by atoms with Crippen LogP contribution in [0.25, 0.3) is 32.0 Å². The number of rotatable bonds is 4. The van der Waals surface area contributed by atoms with E-state index in [1.807, 2.05) is 73.7 Å². The van der Waals surface area contributed by atoms with Crippen molar-refractivity contribution in [3.63, 3.8) is 0 Å². The highest BCUT2D eigenvalue weighted by Gasteiger charge is 2.26. The number of nitrogens with zero attached hydrogens (tertiary/aromatic N) is 3. The minimum absolute atomic E-state index is 0.0415. The van der Waals surface area contributed by atoms with E-state index in [1.165, 1.54) is 16.2 Å². The molecule has 3 heterocycles. The molecule has 7 heteroatoms. The zero-order chi connectivity index (χ0) is 23.9. The number of thiazole rings is 1. The van der Waals surface area contributed by atoms with Crippen molar-refractivity contribution in [3.05, 3.63) is 112 Å². The zero-order valence-electron chi connectivity index (χ0n) is 18.8. The predicted molar refractivity (Wildman–Crippen MR) is 139 cm³/mol. The number of amides is 1. The van der Waals surface area contributed by atoms with Crippen molar-refractivity contribution in [2.24, 2.45) is 0 Å². The summed E-state index contributed by atoms with van der Waals surface area (Å²) in [5.41, 5.74) is 2.31. The van der Waals surface area contributed by atoms with Gasteiger partial charge in [-0.3, -0.25) is 14.7 Å². The standard InChI is InChI=1S/C28H19N3O3S/c1-17-9-11-23-25(14-17)35-28(30-23)31(16-19-7-4-5-13-29-19)26(32)22-15-21-20-8-3-2-6-18(20)10-12-24(21)34-27(22)33/h2-15H,16H2,1H3. The highest BCUT2D eigenvalue weighted by atomic mass is 32.1. The van der Waals surface area contributed by atoms with Crippen LogP contribution >= 0.6 is 11.3 Å². The van der Waals surface area contributed by atoms with Crippen molar-refractivity contribution in [1.82, 2.24) is 9.97 Å². The molecule has 3 aromatic carbocycles. The maximum atomic E-state index is 13.9. The Labute approximate surface area is 204 Å². The molecule has 0 aliphatic carbocycles. The predicted octanol–water partition coefficient (Wildman–Crippen LogP) is 6.11. The molecule has 0 unspecified atom stereocenters. The van der Waals surface area contributed by atoms with Gasteiger partial charge >= 0.3 is 5.63 Å². The van der Waals surface area contributed by atoms with Gasteiger partial charge in [-0.1, -0.05) is 53.8 Å². The third-order valence-corrected chi connectivity index (χ3v) is 6.97. The lowest BCUT2D eigenvalue weighted by Gasteiger charge is -2.19. The Morgan fingerprint density at radius 1 is 0.971 bits per heavy atom. The fourth-order valence-corrected chi connectivity index (χ4v) is 5.24. The number of hydrogen-bond donors (Lipinski definition) is 0. The molecule has 0 atom stereocenters. The first-order valence-electron chi connectivity index (χ1n) is 11.1. The van der Waals surface area contributed by atoms with Gasteiger partial charge in [0.25, 0.3) is 5.91 Å². The molecule has 0 radical (unpaired) electrons. The minimum Gasteiger partial charge on any atom is -0.422 e. The van der Waals surface area contributed by atoms with Crippen LogP contribution in [-0.2, 0) is 6.54 Å². The minimum atomic E-state index is -0.680. The maximum absolute atomic E-state index is 13.9. The van der Waals surface area contributed by atoms with E-state index < -0.39 is 11.5 Å². The maximum Gasteiger partial charge on any atom is 0.349 e. The van der Waals surface area contributed by atoms with Crippen molar-refractivity contribution in [2.75, 3.05) is 4.90 Å². The number of carbonyl (C=O) groups is 1. The molecule has 0 saturated heterocycles. The molecule has 0 saturated carbocycles. The first-order chi connectivity index (χ1) is 17.1. The lowest BCUT2D eigenvalue weighted by molar-refractivity contribution is 0.0981. The largest absolute Gasteiger partial charge is 0.422 e. The van der Waals surface area contributed by atoms with E-state index in [1.54, 1.807) is 18.3 Å². The number of fused-ring (bicyclic) bond motifs is 4. The second-order valence-corrected chi connectivity index (χ2v) is 9.34. The van der Waals surface area contributed by atoms with Crippen LogP contribution in [0.2, 0.25) is 0 Å². The van der Waals surface area contributed by atoms with E-state index in [0.717, 1.165) is 26.6 Å². The van der Waals surface area contributed by atoms with Gasteiger partial charge in [0.15, 0.2) is 5.13 Å². The van der Waals surface area contributed by atoms with Gasteiger partial charge in [0.2, 0.25) is 0 Å². The second-order valence-electron chi connectivity index (χ2n) is 8.33. The summed E-state index contributed by atoms with van der Waals surface area (Å²) in [5, 5.41) is 3.12. The SMILES string of the molecule is Cc1ccc2nc(N(Cc3ccccn3)C(=O)c3cc4c(ccc5ccccc54)oc3=O)sc2c1. The van der Waals surface area contributed by atoms with Gasteiger partial charge in [-0.05, 0) is 59.7 Å². The Bertz CT molecular complexity index is 1790. The first-order valence-corrected chi connectivity index (χ1v) is 11.9. The number of aryl methyl sites for hydroxylation is 1. The van der Waals surface area contributed by atoms with Crippen molar-refractivity contribution >= 4 is 54.3 Å². The third-order valence-electron chi connectivity index (χ3n) is 5.93. The molecule has 3 aromatic heterocycles. The average Bonchev–Trinajstić information content (AvgIpc) is 3.30. The van der Waals surface area contributed by atoms with E-state index in [0.29, 0.717) is 21.8 Å². The topological polar surface area (TPSA) is 76.3 Å². The van der Waals surface area contributed by atoms with E-state index >= 15 is 0 Å². The summed E-state index contributed by atoms with van der Waals surface area (Å²) in [6.45, 7) is 2.19. The van der Waals surface area contributed by atoms with E-state index in [4.69, 9.17) is 9.40 Å². The molecule has 0 aliphatic heterocycles. The quantitative estimate of drug-likeness (QED) is 0.226. The van der Waals surface area contributed by atoms with Gasteiger partial charge in [0, 0.05) is 11.6 Å². The molecule has 6 aromatic rings. The number of pyridine rings is 1. The van der Waals surface area contributed by atoms with Crippen molar-refractivity contribution in [3.8, 4) is 0 Å². The highest BCUT2D eigenvalue weighted by molar-refractivity contribution is 7.22. The third kappa shape index (κ3) is 3.86. The van der Waals surface area contributed by atoms with Gasteiger partial charge in [0.1, 0.15) is 11.1 Å². The Balaban J connectivity index is 1.52. The Morgan fingerprint density at radius 3 is 2.69 bits per heavy atom. The fraction of sp³-hybridized carbons (Fsp3) is 0.0714. The van der Waals surface area contributed by atoms with Gasteiger partial charge in [-0.15, -0.1) is 0 Å². The molecule has 0 N–H and O–H groups in total. The molecule has 6 nitrogen and oxygen atoms in total. The van der Waals surface area contributed by atoms with Crippen LogP contribution in [0.3, 0.4) is 0 Å². The summed E-state index contributed by atoms with van der Waals surface area (Å²) in [6, 6.07) is 24.6. The molecule has 0 fully saturated rings. The van der Waals surface area contributed by atoms with Crippen molar-refractivity contribution < 1.29 is 9.21 Å². The number of benzene rings is 3. The summed E-state index contributed by atoms with van der Waals surface area (Å²) < 4.78 is 6.57. The van der Waals surface area contributed by atoms with Crippen molar-refractivity contribution in [1.29, 1.82) is 0 Å². The number of aromatic nitrogens is 2. The van der Waals surface area contributed by atoms with Gasteiger partial charge in [-0.2, -0.15) is 0 Å². The number of carbonyl (C=O) groups excluding carboxylic acids is 1. The van der Waals surface area contributed by atoms with Crippen LogP contribution in [0, 0.1) is 6.92 Å². The first kappa shape index (κ1) is 21.2. The zero-order valence-corrected chi connectivity index (χ0v) is 19.6. The Morgan fingerprint density at radius 2 is 1.83 bits per heavy atom. The van der Waals surface area contributed by atoms with E-state index in [2.05, 4.69) is 4.98 Å². The van der Waals surface area contributed by atoms with Crippen molar-refractivity contribution in [2.45, 2.75) is 13.5 Å². The average molecular weight is 478 g/mol. The highest BCUT2D eigenvalue weighted by Crippen LogP contribution is 2.32. The fourth-order valence-electron chi connectivity index (χ4n) is 4.18. The van der Waals surface area contributed by atoms with Gasteiger partial charge in [-0.25, -0.2) is 9.78 Å². The van der Waals surface area contributed by atoms with E-state index in [9.17, 15) is 9.59 Å².